The number of amides is 1. The molecule has 3 atom stereocenters. The van der Waals surface area contributed by atoms with Gasteiger partial charge in [0.25, 0.3) is 5.91 Å². The van der Waals surface area contributed by atoms with Crippen molar-refractivity contribution < 1.29 is 14.3 Å². The molecule has 3 aromatic rings. The molecule has 0 radical (unpaired) electrons. The summed E-state index contributed by atoms with van der Waals surface area (Å²) in [5.74, 6) is 1.22. The topological polar surface area (TPSA) is 71.9 Å². The first-order valence-electron chi connectivity index (χ1n) is 13.9. The van der Waals surface area contributed by atoms with Gasteiger partial charge < -0.3 is 19.7 Å². The normalized spacial score (nSPS) is 19.8. The maximum absolute atomic E-state index is 13.6. The molecule has 2 aliphatic heterocycles. The molecule has 8 nitrogen and oxygen atoms in total. The van der Waals surface area contributed by atoms with Crippen LogP contribution in [0.1, 0.15) is 61.1 Å². The summed E-state index contributed by atoms with van der Waals surface area (Å²) in [6, 6.07) is 11.2. The average molecular weight is 532 g/mol. The number of anilines is 1. The molecule has 0 aliphatic carbocycles. The van der Waals surface area contributed by atoms with E-state index in [0.717, 1.165) is 41.0 Å². The van der Waals surface area contributed by atoms with Crippen LogP contribution in [0.3, 0.4) is 0 Å². The minimum absolute atomic E-state index is 0.0250. The molecule has 2 aromatic carbocycles. The molecular weight excluding hydrogens is 490 g/mol. The number of piperazine rings is 1. The number of methoxy groups -OCH3 is 1. The average Bonchev–Trinajstić information content (AvgIpc) is 3.40. The summed E-state index contributed by atoms with van der Waals surface area (Å²) in [7, 11) is 5.77. The molecule has 5 rings (SSSR count). The van der Waals surface area contributed by atoms with Gasteiger partial charge in [-0.25, -0.2) is 0 Å². The van der Waals surface area contributed by atoms with Crippen molar-refractivity contribution >= 4 is 11.6 Å². The van der Waals surface area contributed by atoms with E-state index in [9.17, 15) is 4.79 Å². The van der Waals surface area contributed by atoms with E-state index in [2.05, 4.69) is 51.5 Å². The lowest BCUT2D eigenvalue weighted by Crippen LogP contribution is -2.52. The molecular formula is C31H41N5O3. The van der Waals surface area contributed by atoms with E-state index in [1.807, 2.05) is 53.2 Å². The van der Waals surface area contributed by atoms with Crippen molar-refractivity contribution in [2.75, 3.05) is 32.1 Å². The number of fused-ring (bicyclic) bond motifs is 2. The molecule has 2 saturated heterocycles. The number of aromatic nitrogens is 2. The Morgan fingerprint density at radius 2 is 1.79 bits per heavy atom. The molecule has 2 fully saturated rings. The molecule has 3 heterocycles. The highest BCUT2D eigenvalue weighted by atomic mass is 16.5. The van der Waals surface area contributed by atoms with Gasteiger partial charge in [0, 0.05) is 60.8 Å². The highest BCUT2D eigenvalue weighted by Gasteiger charge is 2.37. The fraction of sp³-hybridized carbons (Fsp3) is 0.484. The van der Waals surface area contributed by atoms with Crippen LogP contribution in [0.2, 0.25) is 0 Å². The number of hydrogen-bond acceptors (Lipinski definition) is 6. The summed E-state index contributed by atoms with van der Waals surface area (Å²) in [6.07, 6.45) is 6.24. The van der Waals surface area contributed by atoms with Gasteiger partial charge in [-0.3, -0.25) is 14.4 Å². The molecule has 1 amide bonds. The Balaban J connectivity index is 1.41. The molecule has 0 spiro atoms. The predicted octanol–water partition coefficient (Wildman–Crippen LogP) is 4.97. The molecule has 0 unspecified atom stereocenters. The lowest BCUT2D eigenvalue weighted by Gasteiger charge is -2.40. The van der Waals surface area contributed by atoms with Crippen LogP contribution >= 0.6 is 0 Å². The van der Waals surface area contributed by atoms with E-state index >= 15 is 0 Å². The molecule has 2 bridgehead atoms. The van der Waals surface area contributed by atoms with E-state index < -0.39 is 0 Å². The second-order valence-corrected chi connectivity index (χ2v) is 11.3. The summed E-state index contributed by atoms with van der Waals surface area (Å²) in [6.45, 7) is 10.0. The number of carbonyl (C=O) groups excluding carboxylic acids is 1. The van der Waals surface area contributed by atoms with Crippen LogP contribution in [-0.2, 0) is 7.05 Å². The van der Waals surface area contributed by atoms with Crippen LogP contribution in [0.5, 0.6) is 11.5 Å². The molecule has 1 aromatic heterocycles. The van der Waals surface area contributed by atoms with Crippen LogP contribution in [0.4, 0.5) is 5.69 Å². The summed E-state index contributed by atoms with van der Waals surface area (Å²) < 4.78 is 13.7. The van der Waals surface area contributed by atoms with Crippen LogP contribution in [0.25, 0.3) is 11.1 Å². The second-order valence-electron chi connectivity index (χ2n) is 11.3. The zero-order chi connectivity index (χ0) is 27.8. The van der Waals surface area contributed by atoms with Crippen molar-refractivity contribution in [3.05, 3.63) is 59.4 Å². The number of ether oxygens (including phenoxy) is 2. The van der Waals surface area contributed by atoms with Crippen LogP contribution in [-0.4, -0.2) is 66.0 Å². The second kappa shape index (κ2) is 10.9. The van der Waals surface area contributed by atoms with E-state index in [1.54, 1.807) is 11.8 Å². The van der Waals surface area contributed by atoms with Crippen LogP contribution < -0.4 is 19.7 Å². The number of carbonyl (C=O) groups is 1. The third-order valence-electron chi connectivity index (χ3n) is 8.19. The van der Waals surface area contributed by atoms with Crippen molar-refractivity contribution in [3.63, 3.8) is 0 Å². The molecule has 2 aliphatic rings. The van der Waals surface area contributed by atoms with Crippen molar-refractivity contribution in [1.29, 1.82) is 0 Å². The van der Waals surface area contributed by atoms with Gasteiger partial charge in [0.05, 0.1) is 25.5 Å². The molecule has 1 N–H and O–H groups in total. The zero-order valence-electron chi connectivity index (χ0n) is 24.2. The standard InChI is InChI=1S/C31H41N5O3/c1-19(2)39-30-28(23-15-32-34(5)16-23)12-22(13-29(30)38-7)21(4)33-31(37)27-14-24(9-8-20(27)3)36-17-25-10-11-26(18-36)35(25)6/h8-9,12-16,19,21,25-26H,10-11,17-18H2,1-7H3,(H,33,37)/t21-,25-,26+/m1/s1. The Morgan fingerprint density at radius 3 is 2.41 bits per heavy atom. The Bertz CT molecular complexity index is 1340. The SMILES string of the molecule is COc1cc([C@@H](C)NC(=O)c2cc(N3C[C@H]4CC[C@@H](C3)N4C)ccc2C)cc(-c2cnn(C)c2)c1OC(C)C. The maximum atomic E-state index is 13.6. The van der Waals surface area contributed by atoms with Crippen molar-refractivity contribution in [3.8, 4) is 22.6 Å². The number of likely N-dealkylation sites (N-methyl/N-ethyl adjacent to an activating group) is 1. The van der Waals surface area contributed by atoms with Gasteiger partial charge in [0.2, 0.25) is 0 Å². The monoisotopic (exact) mass is 531 g/mol. The first-order chi connectivity index (χ1) is 18.6. The zero-order valence-corrected chi connectivity index (χ0v) is 24.2. The minimum Gasteiger partial charge on any atom is -0.493 e. The van der Waals surface area contributed by atoms with E-state index in [0.29, 0.717) is 29.1 Å². The van der Waals surface area contributed by atoms with Gasteiger partial charge in [0.15, 0.2) is 11.5 Å². The number of benzene rings is 2. The highest BCUT2D eigenvalue weighted by molar-refractivity contribution is 5.97. The minimum atomic E-state index is -0.252. The third kappa shape index (κ3) is 5.48. The third-order valence-corrected chi connectivity index (χ3v) is 8.19. The molecule has 39 heavy (non-hydrogen) atoms. The number of nitrogens with one attached hydrogen (secondary N) is 1. The van der Waals surface area contributed by atoms with E-state index in [1.165, 1.54) is 12.8 Å². The Hall–Kier alpha value is -3.52. The van der Waals surface area contributed by atoms with E-state index in [4.69, 9.17) is 9.47 Å². The lowest BCUT2D eigenvalue weighted by molar-refractivity contribution is 0.0939. The fourth-order valence-corrected chi connectivity index (χ4v) is 5.89. The number of nitrogens with zero attached hydrogens (tertiary/aromatic N) is 4. The lowest BCUT2D eigenvalue weighted by atomic mass is 9.99. The maximum Gasteiger partial charge on any atom is 0.252 e. The van der Waals surface area contributed by atoms with Gasteiger partial charge in [0.1, 0.15) is 0 Å². The van der Waals surface area contributed by atoms with Gasteiger partial charge in [-0.15, -0.1) is 0 Å². The highest BCUT2D eigenvalue weighted by Crippen LogP contribution is 2.41. The Morgan fingerprint density at radius 1 is 1.08 bits per heavy atom. The Labute approximate surface area is 231 Å². The summed E-state index contributed by atoms with van der Waals surface area (Å²) >= 11 is 0. The number of hydrogen-bond donors (Lipinski definition) is 1. The van der Waals surface area contributed by atoms with E-state index in [-0.39, 0.29) is 18.1 Å². The van der Waals surface area contributed by atoms with Gasteiger partial charge in [-0.1, -0.05) is 6.07 Å². The first-order valence-corrected chi connectivity index (χ1v) is 13.9. The molecule has 0 saturated carbocycles. The fourth-order valence-electron chi connectivity index (χ4n) is 5.89. The Kier molecular flexibility index (Phi) is 7.58. The summed E-state index contributed by atoms with van der Waals surface area (Å²) in [4.78, 5) is 18.6. The number of aryl methyl sites for hydroxylation is 2. The largest absolute Gasteiger partial charge is 0.493 e. The van der Waals surface area contributed by atoms with Crippen molar-refractivity contribution in [1.82, 2.24) is 20.0 Å². The van der Waals surface area contributed by atoms with Gasteiger partial charge in [-0.05, 0) is 83.0 Å². The first kappa shape index (κ1) is 27.1. The summed E-state index contributed by atoms with van der Waals surface area (Å²) in [5, 5.41) is 7.58. The smallest absolute Gasteiger partial charge is 0.252 e. The van der Waals surface area contributed by atoms with Gasteiger partial charge >= 0.3 is 0 Å². The van der Waals surface area contributed by atoms with Gasteiger partial charge in [-0.2, -0.15) is 5.10 Å². The van der Waals surface area contributed by atoms with Crippen LogP contribution in [0.15, 0.2) is 42.7 Å². The van der Waals surface area contributed by atoms with Crippen molar-refractivity contribution in [2.45, 2.75) is 64.8 Å². The van der Waals surface area contributed by atoms with Crippen molar-refractivity contribution in [2.24, 2.45) is 7.05 Å². The quantitative estimate of drug-likeness (QED) is 0.443. The molecule has 8 heteroatoms. The summed E-state index contributed by atoms with van der Waals surface area (Å²) in [5.41, 5.74) is 5.55. The van der Waals surface area contributed by atoms with Crippen LogP contribution in [0, 0.1) is 6.92 Å². The molecule has 208 valence electrons. The number of rotatable bonds is 8. The predicted molar refractivity (Wildman–Crippen MR) is 155 cm³/mol.